The molecule has 0 aliphatic heterocycles. The number of carbonyl (C=O) groups is 1. The molecule has 0 saturated heterocycles. The van der Waals surface area contributed by atoms with Gasteiger partial charge in [0, 0.05) is 55.2 Å². The molecular weight excluding hydrogens is 452 g/mol. The fourth-order valence-electron chi connectivity index (χ4n) is 2.71. The number of carbonyl (C=O) groups excluding carboxylic acids is 1. The highest BCUT2D eigenvalue weighted by molar-refractivity contribution is 7.89. The number of aromatic nitrogens is 2. The first-order chi connectivity index (χ1) is 15.3. The summed E-state index contributed by atoms with van der Waals surface area (Å²) in [6.07, 6.45) is 3.85. The van der Waals surface area contributed by atoms with Crippen LogP contribution in [0.1, 0.15) is 16.1 Å². The monoisotopic (exact) mass is 474 g/mol. The first kappa shape index (κ1) is 23.5. The minimum atomic E-state index is -3.61. The number of nitrogens with one attached hydrogen (secondary N) is 3. The number of imidazole rings is 1. The number of hydrogen-bond donors (Lipinski definition) is 3. The maximum absolute atomic E-state index is 12.7. The Labute approximate surface area is 191 Å². The molecule has 3 rings (SSSR count). The largest absolute Gasteiger partial charge is 0.348 e. The van der Waals surface area contributed by atoms with E-state index in [1.54, 1.807) is 48.9 Å². The number of halogens is 1. The summed E-state index contributed by atoms with van der Waals surface area (Å²) >= 11 is 5.99. The lowest BCUT2D eigenvalue weighted by Gasteiger charge is -2.15. The van der Waals surface area contributed by atoms with Crippen LogP contribution in [-0.4, -0.2) is 55.2 Å². The van der Waals surface area contributed by atoms with Crippen molar-refractivity contribution in [1.82, 2.24) is 19.6 Å². The van der Waals surface area contributed by atoms with Crippen molar-refractivity contribution in [2.24, 2.45) is 4.99 Å². The second-order valence-corrected chi connectivity index (χ2v) is 9.55. The minimum Gasteiger partial charge on any atom is -0.348 e. The fourth-order valence-corrected chi connectivity index (χ4v) is 3.85. The molecular formula is C21H23ClN6O3S. The van der Waals surface area contributed by atoms with Crippen LogP contribution >= 0.6 is 11.6 Å². The highest BCUT2D eigenvalue weighted by atomic mass is 35.5. The lowest BCUT2D eigenvalue weighted by atomic mass is 10.2. The number of sulfonamides is 1. The van der Waals surface area contributed by atoms with Crippen LogP contribution in [0.15, 0.2) is 70.9 Å². The van der Waals surface area contributed by atoms with E-state index < -0.39 is 15.9 Å². The SMILES string of the molecule is CN(C)S(=O)(=O)c1cccc(NC(=NCCc2cnc[nH]2)NC(=O)c2cccc(Cl)c2)c1. The Morgan fingerprint density at radius 2 is 1.97 bits per heavy atom. The normalized spacial score (nSPS) is 12.1. The second-order valence-electron chi connectivity index (χ2n) is 6.96. The van der Waals surface area contributed by atoms with Gasteiger partial charge in [-0.25, -0.2) is 17.7 Å². The van der Waals surface area contributed by atoms with E-state index in [1.165, 1.54) is 26.2 Å². The summed E-state index contributed by atoms with van der Waals surface area (Å²) in [5.41, 5.74) is 1.72. The zero-order valence-electron chi connectivity index (χ0n) is 17.5. The number of rotatable bonds is 7. The lowest BCUT2D eigenvalue weighted by molar-refractivity contribution is 0.0977. The van der Waals surface area contributed by atoms with E-state index in [0.717, 1.165) is 10.00 Å². The van der Waals surface area contributed by atoms with Crippen LogP contribution in [0.2, 0.25) is 5.02 Å². The number of aromatic amines is 1. The van der Waals surface area contributed by atoms with Gasteiger partial charge in [-0.2, -0.15) is 0 Å². The number of nitrogens with zero attached hydrogens (tertiary/aromatic N) is 3. The summed E-state index contributed by atoms with van der Waals surface area (Å²) in [6, 6.07) is 12.8. The molecule has 3 aromatic rings. The Hall–Kier alpha value is -3.21. The van der Waals surface area contributed by atoms with Crippen molar-refractivity contribution in [2.75, 3.05) is 26.0 Å². The highest BCUT2D eigenvalue weighted by Crippen LogP contribution is 2.18. The highest BCUT2D eigenvalue weighted by Gasteiger charge is 2.18. The van der Waals surface area contributed by atoms with Gasteiger partial charge in [0.05, 0.1) is 11.2 Å². The van der Waals surface area contributed by atoms with Gasteiger partial charge < -0.3 is 10.3 Å². The first-order valence-electron chi connectivity index (χ1n) is 9.64. The molecule has 0 radical (unpaired) electrons. The van der Waals surface area contributed by atoms with Crippen molar-refractivity contribution in [3.05, 3.63) is 77.3 Å². The standard InChI is InChI=1S/C21H23ClN6O3S/c1-28(2)32(30,31)19-8-4-7-17(12-19)26-21(24-10-9-18-13-23-14-25-18)27-20(29)15-5-3-6-16(22)11-15/h3-8,11-14H,9-10H2,1-2H3,(H,23,25)(H2,24,26,27,29). The zero-order chi connectivity index (χ0) is 23.1. The van der Waals surface area contributed by atoms with E-state index in [-0.39, 0.29) is 10.9 Å². The van der Waals surface area contributed by atoms with Gasteiger partial charge in [0.2, 0.25) is 16.0 Å². The van der Waals surface area contributed by atoms with Crippen molar-refractivity contribution < 1.29 is 13.2 Å². The Morgan fingerprint density at radius 1 is 1.19 bits per heavy atom. The first-order valence-corrected chi connectivity index (χ1v) is 11.5. The maximum atomic E-state index is 12.7. The molecule has 0 saturated carbocycles. The van der Waals surface area contributed by atoms with Gasteiger partial charge in [-0.3, -0.25) is 15.1 Å². The predicted molar refractivity (Wildman–Crippen MR) is 124 cm³/mol. The molecule has 0 aliphatic carbocycles. The van der Waals surface area contributed by atoms with E-state index in [4.69, 9.17) is 11.6 Å². The van der Waals surface area contributed by atoms with Gasteiger partial charge in [0.1, 0.15) is 0 Å². The second kappa shape index (κ2) is 10.4. The van der Waals surface area contributed by atoms with Crippen molar-refractivity contribution >= 4 is 39.2 Å². The Morgan fingerprint density at radius 3 is 2.66 bits per heavy atom. The van der Waals surface area contributed by atoms with Gasteiger partial charge in [-0.05, 0) is 36.4 Å². The quantitative estimate of drug-likeness (QED) is 0.359. The molecule has 1 heterocycles. The Kier molecular flexibility index (Phi) is 7.62. The van der Waals surface area contributed by atoms with Gasteiger partial charge in [-0.1, -0.05) is 23.7 Å². The van der Waals surface area contributed by atoms with Crippen molar-refractivity contribution in [3.8, 4) is 0 Å². The van der Waals surface area contributed by atoms with E-state index in [0.29, 0.717) is 29.2 Å². The van der Waals surface area contributed by atoms with Gasteiger partial charge in [0.15, 0.2) is 0 Å². The number of guanidine groups is 1. The summed E-state index contributed by atoms with van der Waals surface area (Å²) in [4.78, 5) is 24.2. The van der Waals surface area contributed by atoms with Gasteiger partial charge >= 0.3 is 0 Å². The van der Waals surface area contributed by atoms with E-state index >= 15 is 0 Å². The number of hydrogen-bond acceptors (Lipinski definition) is 5. The number of amides is 1. The van der Waals surface area contributed by atoms with Crippen LogP contribution in [0.25, 0.3) is 0 Å². The molecule has 0 bridgehead atoms. The van der Waals surface area contributed by atoms with Gasteiger partial charge in [-0.15, -0.1) is 0 Å². The Bertz CT molecular complexity index is 1210. The van der Waals surface area contributed by atoms with E-state index in [2.05, 4.69) is 25.6 Å². The molecule has 0 fully saturated rings. The lowest BCUT2D eigenvalue weighted by Crippen LogP contribution is -2.36. The summed E-state index contributed by atoms with van der Waals surface area (Å²) in [5, 5.41) is 6.16. The third-order valence-electron chi connectivity index (χ3n) is 4.40. The van der Waals surface area contributed by atoms with Crippen LogP contribution in [0.4, 0.5) is 5.69 Å². The van der Waals surface area contributed by atoms with Gasteiger partial charge in [0.25, 0.3) is 5.91 Å². The number of aliphatic imine (C=N–C) groups is 1. The van der Waals surface area contributed by atoms with Crippen molar-refractivity contribution in [2.45, 2.75) is 11.3 Å². The van der Waals surface area contributed by atoms with Crippen LogP contribution in [0, 0.1) is 0 Å². The zero-order valence-corrected chi connectivity index (χ0v) is 19.1. The maximum Gasteiger partial charge on any atom is 0.258 e. The molecule has 1 aromatic heterocycles. The van der Waals surface area contributed by atoms with E-state index in [1.807, 2.05) is 0 Å². The molecule has 32 heavy (non-hydrogen) atoms. The van der Waals surface area contributed by atoms with Crippen LogP contribution in [0.5, 0.6) is 0 Å². The average molecular weight is 475 g/mol. The topological polar surface area (TPSA) is 120 Å². The molecule has 0 aliphatic rings. The van der Waals surface area contributed by atoms with Crippen LogP contribution in [0.3, 0.4) is 0 Å². The molecule has 3 N–H and O–H groups in total. The Balaban J connectivity index is 1.83. The fraction of sp³-hybridized carbons (Fsp3) is 0.190. The molecule has 1 amide bonds. The molecule has 0 spiro atoms. The van der Waals surface area contributed by atoms with E-state index in [9.17, 15) is 13.2 Å². The third kappa shape index (κ3) is 6.16. The summed E-state index contributed by atoms with van der Waals surface area (Å²) in [7, 11) is -0.690. The summed E-state index contributed by atoms with van der Waals surface area (Å²) < 4.78 is 26.0. The molecule has 168 valence electrons. The van der Waals surface area contributed by atoms with Crippen LogP contribution in [-0.2, 0) is 16.4 Å². The smallest absolute Gasteiger partial charge is 0.258 e. The molecule has 11 heteroatoms. The van der Waals surface area contributed by atoms with Crippen molar-refractivity contribution in [1.29, 1.82) is 0 Å². The summed E-state index contributed by atoms with van der Waals surface area (Å²) in [5.74, 6) is -0.230. The average Bonchev–Trinajstić information content (AvgIpc) is 3.27. The van der Waals surface area contributed by atoms with Crippen LogP contribution < -0.4 is 10.6 Å². The number of benzene rings is 2. The minimum absolute atomic E-state index is 0.116. The molecule has 9 nitrogen and oxygen atoms in total. The molecule has 0 unspecified atom stereocenters. The third-order valence-corrected chi connectivity index (χ3v) is 6.45. The predicted octanol–water partition coefficient (Wildman–Crippen LogP) is 2.75. The summed E-state index contributed by atoms with van der Waals surface area (Å²) in [6.45, 7) is 0.357. The molecule has 2 aromatic carbocycles. The van der Waals surface area contributed by atoms with Crippen molar-refractivity contribution in [3.63, 3.8) is 0 Å². The number of anilines is 1. The molecule has 0 atom stereocenters. The number of H-pyrrole nitrogens is 1.